The molecular formula is C19H27N5O4S. The minimum Gasteiger partial charge on any atom is -0.464 e. The molecule has 1 fully saturated rings. The van der Waals surface area contributed by atoms with Crippen LogP contribution >= 0.6 is 0 Å². The second-order valence-electron chi connectivity index (χ2n) is 7.18. The highest BCUT2D eigenvalue weighted by Gasteiger charge is 2.28. The molecule has 158 valence electrons. The van der Waals surface area contributed by atoms with Crippen molar-refractivity contribution in [1.82, 2.24) is 24.2 Å². The number of piperazine rings is 1. The topological polar surface area (TPSA) is 97.6 Å². The van der Waals surface area contributed by atoms with Crippen LogP contribution in [0, 0.1) is 0 Å². The van der Waals surface area contributed by atoms with Crippen LogP contribution < -0.4 is 0 Å². The van der Waals surface area contributed by atoms with Crippen LogP contribution in [-0.4, -0.2) is 71.9 Å². The van der Waals surface area contributed by atoms with Gasteiger partial charge in [-0.1, -0.05) is 31.2 Å². The van der Waals surface area contributed by atoms with E-state index in [4.69, 9.17) is 0 Å². The maximum absolute atomic E-state index is 12.9. The fourth-order valence-electron chi connectivity index (χ4n) is 3.23. The van der Waals surface area contributed by atoms with Crippen molar-refractivity contribution in [1.29, 1.82) is 0 Å². The molecule has 0 spiro atoms. The molecule has 0 N–H and O–H groups in total. The summed E-state index contributed by atoms with van der Waals surface area (Å²) < 4.78 is 33.6. The first-order valence-corrected chi connectivity index (χ1v) is 11.1. The summed E-state index contributed by atoms with van der Waals surface area (Å²) in [4.78, 5) is 13.9. The number of sulfonamides is 1. The third-order valence-electron chi connectivity index (χ3n) is 5.31. The average molecular weight is 422 g/mol. The Morgan fingerprint density at radius 2 is 1.83 bits per heavy atom. The maximum Gasteiger partial charge on any atom is 0.360 e. The third-order valence-corrected chi connectivity index (χ3v) is 7.22. The van der Waals surface area contributed by atoms with Crippen LogP contribution in [-0.2, 0) is 21.4 Å². The number of rotatable bonds is 7. The van der Waals surface area contributed by atoms with Gasteiger partial charge in [0.25, 0.3) is 0 Å². The predicted molar refractivity (Wildman–Crippen MR) is 107 cm³/mol. The maximum atomic E-state index is 12.9. The molecule has 29 heavy (non-hydrogen) atoms. The second kappa shape index (κ2) is 9.02. The first kappa shape index (κ1) is 21.4. The Bertz CT molecular complexity index is 934. The van der Waals surface area contributed by atoms with Gasteiger partial charge in [-0.3, -0.25) is 4.90 Å². The van der Waals surface area contributed by atoms with Crippen molar-refractivity contribution in [2.45, 2.75) is 37.8 Å². The Hall–Kier alpha value is -2.30. The van der Waals surface area contributed by atoms with E-state index in [1.165, 1.54) is 17.6 Å². The standard InChI is InChI=1S/C19H27N5O4S/c1-4-15(2)16-5-7-17(8-6-16)29(26,27)24-11-9-22(10-12-24)14-23-13-18(20-21-23)19(25)28-3/h5-8,13,15H,4,9-12,14H2,1-3H3. The van der Waals surface area contributed by atoms with Crippen LogP contribution in [0.15, 0.2) is 35.4 Å². The minimum atomic E-state index is -3.51. The number of carbonyl (C=O) groups excluding carboxylic acids is 1. The summed E-state index contributed by atoms with van der Waals surface area (Å²) >= 11 is 0. The molecule has 1 aromatic heterocycles. The predicted octanol–water partition coefficient (Wildman–Crippen LogP) is 1.54. The van der Waals surface area contributed by atoms with Crippen LogP contribution in [0.3, 0.4) is 0 Å². The van der Waals surface area contributed by atoms with Crippen molar-refractivity contribution in [3.8, 4) is 0 Å². The molecule has 10 heteroatoms. The Morgan fingerprint density at radius 1 is 1.17 bits per heavy atom. The van der Waals surface area contributed by atoms with Crippen LogP contribution in [0.5, 0.6) is 0 Å². The van der Waals surface area contributed by atoms with Gasteiger partial charge in [-0.25, -0.2) is 17.9 Å². The lowest BCUT2D eigenvalue weighted by Crippen LogP contribution is -2.48. The van der Waals surface area contributed by atoms with Gasteiger partial charge in [-0.2, -0.15) is 4.31 Å². The van der Waals surface area contributed by atoms with E-state index in [9.17, 15) is 13.2 Å². The fraction of sp³-hybridized carbons (Fsp3) is 0.526. The Morgan fingerprint density at radius 3 is 2.41 bits per heavy atom. The zero-order valence-electron chi connectivity index (χ0n) is 17.0. The molecule has 9 nitrogen and oxygen atoms in total. The van der Waals surface area contributed by atoms with Gasteiger partial charge in [0.15, 0.2) is 5.69 Å². The van der Waals surface area contributed by atoms with Crippen molar-refractivity contribution in [2.75, 3.05) is 33.3 Å². The zero-order valence-corrected chi connectivity index (χ0v) is 17.8. The van der Waals surface area contributed by atoms with Crippen molar-refractivity contribution in [3.05, 3.63) is 41.7 Å². The van der Waals surface area contributed by atoms with Gasteiger partial charge in [0.1, 0.15) is 0 Å². The average Bonchev–Trinajstić information content (AvgIpc) is 3.21. The molecule has 1 aromatic carbocycles. The molecule has 0 radical (unpaired) electrons. The summed E-state index contributed by atoms with van der Waals surface area (Å²) in [6.07, 6.45) is 2.54. The largest absolute Gasteiger partial charge is 0.464 e. The molecule has 2 aromatic rings. The number of benzene rings is 1. The van der Waals surface area contributed by atoms with E-state index in [0.717, 1.165) is 12.0 Å². The summed E-state index contributed by atoms with van der Waals surface area (Å²) in [6.45, 7) is 6.61. The number of nitrogens with zero attached hydrogens (tertiary/aromatic N) is 5. The number of methoxy groups -OCH3 is 1. The van der Waals surface area contributed by atoms with Gasteiger partial charge < -0.3 is 4.74 Å². The molecule has 3 rings (SSSR count). The molecule has 0 saturated carbocycles. The smallest absolute Gasteiger partial charge is 0.360 e. The molecular weight excluding hydrogens is 394 g/mol. The fourth-order valence-corrected chi connectivity index (χ4v) is 4.66. The molecule has 1 aliphatic heterocycles. The molecule has 0 amide bonds. The SMILES string of the molecule is CCC(C)c1ccc(S(=O)(=O)N2CCN(Cn3cc(C(=O)OC)nn3)CC2)cc1. The van der Waals surface area contributed by atoms with E-state index in [2.05, 4.69) is 33.8 Å². The van der Waals surface area contributed by atoms with Gasteiger partial charge in [0.05, 0.1) is 24.9 Å². The highest BCUT2D eigenvalue weighted by molar-refractivity contribution is 7.89. The van der Waals surface area contributed by atoms with Gasteiger partial charge in [0.2, 0.25) is 10.0 Å². The lowest BCUT2D eigenvalue weighted by atomic mass is 9.99. The van der Waals surface area contributed by atoms with Crippen molar-refractivity contribution >= 4 is 16.0 Å². The van der Waals surface area contributed by atoms with Gasteiger partial charge >= 0.3 is 5.97 Å². The summed E-state index contributed by atoms with van der Waals surface area (Å²) in [5, 5.41) is 7.69. The van der Waals surface area contributed by atoms with E-state index < -0.39 is 16.0 Å². The quantitative estimate of drug-likeness (QED) is 0.626. The molecule has 1 unspecified atom stereocenters. The summed E-state index contributed by atoms with van der Waals surface area (Å²) in [7, 11) is -2.22. The van der Waals surface area contributed by atoms with Gasteiger partial charge in [-0.15, -0.1) is 5.10 Å². The summed E-state index contributed by atoms with van der Waals surface area (Å²) in [5.74, 6) is -0.127. The second-order valence-corrected chi connectivity index (χ2v) is 9.11. The van der Waals surface area contributed by atoms with Crippen molar-refractivity contribution in [3.63, 3.8) is 0 Å². The zero-order chi connectivity index (χ0) is 21.0. The monoisotopic (exact) mass is 421 g/mol. The molecule has 1 aliphatic rings. The molecule has 0 aliphatic carbocycles. The highest BCUT2D eigenvalue weighted by Crippen LogP contribution is 2.23. The van der Waals surface area contributed by atoms with Crippen LogP contribution in [0.4, 0.5) is 0 Å². The van der Waals surface area contributed by atoms with E-state index in [-0.39, 0.29) is 5.69 Å². The molecule has 1 atom stereocenters. The third kappa shape index (κ3) is 4.82. The minimum absolute atomic E-state index is 0.148. The van der Waals surface area contributed by atoms with Gasteiger partial charge in [-0.05, 0) is 30.0 Å². The van der Waals surface area contributed by atoms with E-state index >= 15 is 0 Å². The van der Waals surface area contributed by atoms with Crippen molar-refractivity contribution in [2.24, 2.45) is 0 Å². The summed E-state index contributed by atoms with van der Waals surface area (Å²) in [5.41, 5.74) is 1.30. The first-order valence-electron chi connectivity index (χ1n) is 9.66. The number of hydrogen-bond donors (Lipinski definition) is 0. The molecule has 1 saturated heterocycles. The van der Waals surface area contributed by atoms with Crippen LogP contribution in [0.25, 0.3) is 0 Å². The molecule has 2 heterocycles. The highest BCUT2D eigenvalue weighted by atomic mass is 32.2. The van der Waals surface area contributed by atoms with E-state index in [0.29, 0.717) is 43.7 Å². The van der Waals surface area contributed by atoms with Crippen molar-refractivity contribution < 1.29 is 17.9 Å². The Balaban J connectivity index is 1.59. The number of esters is 1. The number of carbonyl (C=O) groups is 1. The van der Waals surface area contributed by atoms with Crippen LogP contribution in [0.2, 0.25) is 0 Å². The number of aromatic nitrogens is 3. The summed E-state index contributed by atoms with van der Waals surface area (Å²) in [6, 6.07) is 7.21. The van der Waals surface area contributed by atoms with E-state index in [1.54, 1.807) is 16.8 Å². The molecule has 0 bridgehead atoms. The first-order chi connectivity index (χ1) is 13.8. The lowest BCUT2D eigenvalue weighted by Gasteiger charge is -2.33. The number of ether oxygens (including phenoxy) is 1. The van der Waals surface area contributed by atoms with E-state index in [1.807, 2.05) is 12.1 Å². The van der Waals surface area contributed by atoms with Gasteiger partial charge in [0, 0.05) is 26.2 Å². The lowest BCUT2D eigenvalue weighted by molar-refractivity contribution is 0.0593. The van der Waals surface area contributed by atoms with Crippen LogP contribution in [0.1, 0.15) is 42.2 Å². The number of hydrogen-bond acceptors (Lipinski definition) is 7. The Kier molecular flexibility index (Phi) is 6.66. The Labute approximate surface area is 171 Å². The normalized spacial score (nSPS) is 17.2.